The number of hydrogen-bond acceptors (Lipinski definition) is 5. The maximum Gasteiger partial charge on any atom is 0.271 e. The second-order valence-electron chi connectivity index (χ2n) is 5.13. The van der Waals surface area contributed by atoms with Crippen LogP contribution in [0.25, 0.3) is 0 Å². The fourth-order valence-corrected chi connectivity index (χ4v) is 3.08. The average Bonchev–Trinajstić information content (AvgIpc) is 2.31. The van der Waals surface area contributed by atoms with Gasteiger partial charge in [0.15, 0.2) is 0 Å². The van der Waals surface area contributed by atoms with Crippen LogP contribution in [-0.2, 0) is 10.0 Å². The van der Waals surface area contributed by atoms with E-state index in [0.29, 0.717) is 12.5 Å². The number of primary sulfonamides is 1. The van der Waals surface area contributed by atoms with Gasteiger partial charge in [-0.3, -0.25) is 10.1 Å². The van der Waals surface area contributed by atoms with Gasteiger partial charge in [-0.05, 0) is 24.8 Å². The first kappa shape index (κ1) is 14.7. The average molecular weight is 299 g/mol. The summed E-state index contributed by atoms with van der Waals surface area (Å²) in [5, 5.41) is 16.0. The first-order valence-electron chi connectivity index (χ1n) is 6.31. The van der Waals surface area contributed by atoms with Crippen molar-refractivity contribution in [1.82, 2.24) is 0 Å². The molecule has 2 rings (SSSR count). The number of sulfonamides is 1. The lowest BCUT2D eigenvalue weighted by atomic mass is 9.85. The van der Waals surface area contributed by atoms with E-state index < -0.39 is 14.9 Å². The molecule has 20 heavy (non-hydrogen) atoms. The van der Waals surface area contributed by atoms with Crippen LogP contribution >= 0.6 is 0 Å². The first-order chi connectivity index (χ1) is 9.29. The molecule has 1 aliphatic rings. The first-order valence-corrected chi connectivity index (χ1v) is 7.86. The Bertz CT molecular complexity index is 626. The Labute approximate surface area is 117 Å². The molecule has 0 aliphatic heterocycles. The molecule has 1 fully saturated rings. The van der Waals surface area contributed by atoms with Crippen LogP contribution in [0.15, 0.2) is 23.1 Å². The van der Waals surface area contributed by atoms with Gasteiger partial charge in [-0.1, -0.05) is 6.42 Å². The quantitative estimate of drug-likeness (QED) is 0.654. The highest BCUT2D eigenvalue weighted by Gasteiger charge is 2.24. The van der Waals surface area contributed by atoms with Gasteiger partial charge in [0, 0.05) is 25.7 Å². The van der Waals surface area contributed by atoms with E-state index >= 15 is 0 Å². The van der Waals surface area contributed by atoms with Crippen molar-refractivity contribution in [2.24, 2.45) is 11.1 Å². The summed E-state index contributed by atoms with van der Waals surface area (Å²) in [6, 6.07) is 3.61. The monoisotopic (exact) mass is 299 g/mol. The van der Waals surface area contributed by atoms with Gasteiger partial charge in [-0.2, -0.15) is 0 Å². The van der Waals surface area contributed by atoms with Crippen LogP contribution in [0.2, 0.25) is 0 Å². The molecule has 1 aliphatic carbocycles. The van der Waals surface area contributed by atoms with Gasteiger partial charge in [-0.15, -0.1) is 0 Å². The van der Waals surface area contributed by atoms with Crippen molar-refractivity contribution in [2.45, 2.75) is 24.2 Å². The summed E-state index contributed by atoms with van der Waals surface area (Å²) >= 11 is 0. The van der Waals surface area contributed by atoms with E-state index in [-0.39, 0.29) is 16.3 Å². The smallest absolute Gasteiger partial charge is 0.271 e. The third kappa shape index (κ3) is 3.07. The zero-order valence-electron chi connectivity index (χ0n) is 11.2. The lowest BCUT2D eigenvalue weighted by molar-refractivity contribution is -0.384. The van der Waals surface area contributed by atoms with Crippen LogP contribution < -0.4 is 10.0 Å². The van der Waals surface area contributed by atoms with Crippen molar-refractivity contribution >= 4 is 21.4 Å². The summed E-state index contributed by atoms with van der Waals surface area (Å²) in [6.45, 7) is 0.670. The maximum atomic E-state index is 11.6. The number of nitro groups is 1. The molecule has 110 valence electrons. The molecule has 0 spiro atoms. The predicted octanol–water partition coefficient (Wildman–Crippen LogP) is 1.48. The lowest BCUT2D eigenvalue weighted by Gasteiger charge is -2.31. The van der Waals surface area contributed by atoms with Gasteiger partial charge in [0.1, 0.15) is 4.90 Å². The van der Waals surface area contributed by atoms with Gasteiger partial charge >= 0.3 is 0 Å². The zero-order chi connectivity index (χ0) is 14.9. The molecular formula is C12H17N3O4S. The number of benzene rings is 1. The summed E-state index contributed by atoms with van der Waals surface area (Å²) in [5.74, 6) is 0.507. The van der Waals surface area contributed by atoms with Crippen LogP contribution in [0.5, 0.6) is 0 Å². The zero-order valence-corrected chi connectivity index (χ0v) is 12.0. The van der Waals surface area contributed by atoms with Crippen LogP contribution in [0, 0.1) is 16.0 Å². The SMILES string of the molecule is CN(CC1CCC1)c1cc([N+](=O)[O-])ccc1S(N)(=O)=O. The predicted molar refractivity (Wildman–Crippen MR) is 75.1 cm³/mol. The molecule has 1 aromatic carbocycles. The molecule has 0 unspecified atom stereocenters. The van der Waals surface area contributed by atoms with Crippen LogP contribution in [0.3, 0.4) is 0 Å². The van der Waals surface area contributed by atoms with Crippen molar-refractivity contribution in [3.63, 3.8) is 0 Å². The second-order valence-corrected chi connectivity index (χ2v) is 6.66. The number of non-ortho nitro benzene ring substituents is 1. The number of rotatable bonds is 5. The molecule has 0 bridgehead atoms. The van der Waals surface area contributed by atoms with E-state index in [9.17, 15) is 18.5 Å². The molecule has 8 heteroatoms. The number of nitrogens with two attached hydrogens (primary N) is 1. The van der Waals surface area contributed by atoms with Crippen molar-refractivity contribution in [1.29, 1.82) is 0 Å². The minimum atomic E-state index is -3.91. The molecule has 0 amide bonds. The molecule has 0 atom stereocenters. The molecular weight excluding hydrogens is 282 g/mol. The normalized spacial score (nSPS) is 15.7. The highest BCUT2D eigenvalue weighted by molar-refractivity contribution is 7.89. The van der Waals surface area contributed by atoms with Crippen LogP contribution in [0.4, 0.5) is 11.4 Å². The molecule has 0 heterocycles. The van der Waals surface area contributed by atoms with Crippen LogP contribution in [0.1, 0.15) is 19.3 Å². The van der Waals surface area contributed by atoms with Gasteiger partial charge in [0.2, 0.25) is 10.0 Å². The summed E-state index contributed by atoms with van der Waals surface area (Å²) in [6.07, 6.45) is 3.38. The summed E-state index contributed by atoms with van der Waals surface area (Å²) in [7, 11) is -2.18. The van der Waals surface area contributed by atoms with Crippen molar-refractivity contribution in [3.05, 3.63) is 28.3 Å². The minimum absolute atomic E-state index is 0.0788. The topological polar surface area (TPSA) is 107 Å². The largest absolute Gasteiger partial charge is 0.373 e. The molecule has 2 N–H and O–H groups in total. The molecule has 0 saturated heterocycles. The van der Waals surface area contributed by atoms with Gasteiger partial charge in [0.25, 0.3) is 5.69 Å². The van der Waals surface area contributed by atoms with E-state index in [4.69, 9.17) is 5.14 Å². The van der Waals surface area contributed by atoms with Crippen molar-refractivity contribution < 1.29 is 13.3 Å². The Kier molecular flexibility index (Phi) is 3.96. The van der Waals surface area contributed by atoms with Gasteiger partial charge in [-0.25, -0.2) is 13.6 Å². The highest BCUT2D eigenvalue weighted by atomic mass is 32.2. The Hall–Kier alpha value is -1.67. The Morgan fingerprint density at radius 1 is 1.45 bits per heavy atom. The molecule has 1 saturated carbocycles. The molecule has 0 radical (unpaired) electrons. The van der Waals surface area contributed by atoms with Crippen LogP contribution in [-0.4, -0.2) is 26.9 Å². The van der Waals surface area contributed by atoms with Crippen molar-refractivity contribution in [3.8, 4) is 0 Å². The number of hydrogen-bond donors (Lipinski definition) is 1. The summed E-state index contributed by atoms with van der Waals surface area (Å²) in [4.78, 5) is 11.9. The van der Waals surface area contributed by atoms with E-state index in [2.05, 4.69) is 0 Å². The molecule has 1 aromatic rings. The molecule has 0 aromatic heterocycles. The highest BCUT2D eigenvalue weighted by Crippen LogP contribution is 2.32. The minimum Gasteiger partial charge on any atom is -0.373 e. The van der Waals surface area contributed by atoms with E-state index in [0.717, 1.165) is 18.9 Å². The van der Waals surface area contributed by atoms with Gasteiger partial charge < -0.3 is 4.90 Å². The standard InChI is InChI=1S/C12H17N3O4S/c1-14(8-9-3-2-4-9)11-7-10(15(16)17)5-6-12(11)20(13,18)19/h5-7,9H,2-4,8H2,1H3,(H2,13,18,19). The summed E-state index contributed by atoms with van der Waals surface area (Å²) < 4.78 is 23.2. The second kappa shape index (κ2) is 5.37. The maximum absolute atomic E-state index is 11.6. The number of anilines is 1. The number of nitro benzene ring substituents is 1. The van der Waals surface area contributed by atoms with E-state index in [1.807, 2.05) is 0 Å². The summed E-state index contributed by atoms with van der Waals surface area (Å²) in [5.41, 5.74) is 0.140. The Balaban J connectivity index is 2.39. The number of nitrogens with zero attached hydrogens (tertiary/aromatic N) is 2. The molecule has 7 nitrogen and oxygen atoms in total. The Morgan fingerprint density at radius 2 is 2.10 bits per heavy atom. The van der Waals surface area contributed by atoms with Gasteiger partial charge in [0.05, 0.1) is 10.6 Å². The third-order valence-electron chi connectivity index (χ3n) is 3.63. The lowest BCUT2D eigenvalue weighted by Crippen LogP contribution is -2.30. The van der Waals surface area contributed by atoms with Crippen molar-refractivity contribution in [2.75, 3.05) is 18.5 Å². The van der Waals surface area contributed by atoms with E-state index in [1.54, 1.807) is 11.9 Å². The fraction of sp³-hybridized carbons (Fsp3) is 0.500. The Morgan fingerprint density at radius 3 is 2.55 bits per heavy atom. The van der Waals surface area contributed by atoms with E-state index in [1.165, 1.54) is 18.6 Å². The fourth-order valence-electron chi connectivity index (χ4n) is 2.32. The third-order valence-corrected chi connectivity index (χ3v) is 4.59.